The van der Waals surface area contributed by atoms with Gasteiger partial charge in [-0.25, -0.2) is 4.98 Å². The fraction of sp³-hybridized carbons (Fsp3) is 0. The molecule has 0 aliphatic rings. The van der Waals surface area contributed by atoms with Crippen LogP contribution in [0.3, 0.4) is 0 Å². The van der Waals surface area contributed by atoms with Crippen LogP contribution in [0.4, 0.5) is 5.69 Å². The highest BCUT2D eigenvalue weighted by Gasteiger charge is 2.02. The zero-order valence-electron chi connectivity index (χ0n) is 12.6. The van der Waals surface area contributed by atoms with E-state index in [1.165, 1.54) is 0 Å². The molecule has 110 valence electrons. The molecule has 1 heterocycles. The van der Waals surface area contributed by atoms with Gasteiger partial charge >= 0.3 is 0 Å². The van der Waals surface area contributed by atoms with Crippen LogP contribution in [0, 0.1) is 0 Å². The molecule has 0 unspecified atom stereocenters. The van der Waals surface area contributed by atoms with Crippen molar-refractivity contribution in [1.29, 1.82) is 0 Å². The van der Waals surface area contributed by atoms with E-state index in [1.54, 1.807) is 0 Å². The van der Waals surface area contributed by atoms with Crippen molar-refractivity contribution in [3.63, 3.8) is 0 Å². The van der Waals surface area contributed by atoms with Crippen molar-refractivity contribution >= 4 is 39.6 Å². The first-order chi connectivity index (χ1) is 11.3. The number of nitrogens with zero attached hydrogens (tertiary/aromatic N) is 1. The minimum Gasteiger partial charge on any atom is -0.399 e. The van der Waals surface area contributed by atoms with Gasteiger partial charge in [-0.1, -0.05) is 54.6 Å². The largest absolute Gasteiger partial charge is 0.399 e. The predicted octanol–water partition coefficient (Wildman–Crippen LogP) is 5.14. The highest BCUT2D eigenvalue weighted by atomic mass is 14.7. The average Bonchev–Trinajstić information content (AvgIpc) is 2.59. The number of anilines is 1. The van der Waals surface area contributed by atoms with Crippen LogP contribution < -0.4 is 5.73 Å². The molecule has 0 saturated carbocycles. The molecule has 0 bridgehead atoms. The zero-order valence-corrected chi connectivity index (χ0v) is 12.6. The SMILES string of the molecule is Nc1ccc(C=Cc2cccc3nc4ccccc4cc23)cc1. The van der Waals surface area contributed by atoms with Gasteiger partial charge in [-0.3, -0.25) is 0 Å². The Morgan fingerprint density at radius 3 is 2.39 bits per heavy atom. The first-order valence-corrected chi connectivity index (χ1v) is 7.62. The van der Waals surface area contributed by atoms with Crippen LogP contribution in [-0.4, -0.2) is 4.98 Å². The summed E-state index contributed by atoms with van der Waals surface area (Å²) in [5.74, 6) is 0. The van der Waals surface area contributed by atoms with Gasteiger partial charge in [0.15, 0.2) is 0 Å². The van der Waals surface area contributed by atoms with E-state index in [0.717, 1.165) is 38.6 Å². The van der Waals surface area contributed by atoms with Crippen LogP contribution in [0.25, 0.3) is 34.0 Å². The third-order valence-electron chi connectivity index (χ3n) is 3.99. The van der Waals surface area contributed by atoms with Crippen LogP contribution in [0.15, 0.2) is 72.8 Å². The highest BCUT2D eigenvalue weighted by molar-refractivity contribution is 5.98. The quantitative estimate of drug-likeness (QED) is 0.316. The molecule has 0 radical (unpaired) electrons. The summed E-state index contributed by atoms with van der Waals surface area (Å²) in [5, 5.41) is 2.33. The molecule has 23 heavy (non-hydrogen) atoms. The molecule has 3 aromatic carbocycles. The number of benzene rings is 3. The van der Waals surface area contributed by atoms with Gasteiger partial charge in [0, 0.05) is 16.5 Å². The first-order valence-electron chi connectivity index (χ1n) is 7.62. The van der Waals surface area contributed by atoms with E-state index < -0.39 is 0 Å². The van der Waals surface area contributed by atoms with Gasteiger partial charge < -0.3 is 5.73 Å². The normalized spacial score (nSPS) is 11.5. The number of para-hydroxylation sites is 1. The van der Waals surface area contributed by atoms with E-state index >= 15 is 0 Å². The first kappa shape index (κ1) is 13.5. The fourth-order valence-corrected chi connectivity index (χ4v) is 2.76. The standard InChI is InChI=1S/C21H16N2/c22-18-12-9-15(10-13-18)8-11-16-5-3-7-21-19(16)14-17-4-1-2-6-20(17)23-21/h1-14H,22H2. The number of fused-ring (bicyclic) bond motifs is 2. The molecule has 2 heteroatoms. The summed E-state index contributed by atoms with van der Waals surface area (Å²) in [6.45, 7) is 0. The fourth-order valence-electron chi connectivity index (χ4n) is 2.76. The number of hydrogen-bond donors (Lipinski definition) is 1. The molecule has 4 aromatic rings. The summed E-state index contributed by atoms with van der Waals surface area (Å²) < 4.78 is 0. The van der Waals surface area contributed by atoms with Crippen molar-refractivity contribution in [3.05, 3.63) is 83.9 Å². The van der Waals surface area contributed by atoms with Gasteiger partial charge in [0.25, 0.3) is 0 Å². The van der Waals surface area contributed by atoms with Crippen molar-refractivity contribution in [2.75, 3.05) is 5.73 Å². The Morgan fingerprint density at radius 2 is 1.52 bits per heavy atom. The minimum atomic E-state index is 0.781. The van der Waals surface area contributed by atoms with E-state index in [2.05, 4.69) is 36.4 Å². The Labute approximate surface area is 134 Å². The number of nitrogens with two attached hydrogens (primary N) is 1. The van der Waals surface area contributed by atoms with Crippen molar-refractivity contribution in [2.45, 2.75) is 0 Å². The second-order valence-electron chi connectivity index (χ2n) is 5.59. The Kier molecular flexibility index (Phi) is 3.28. The Balaban J connectivity index is 1.82. The lowest BCUT2D eigenvalue weighted by molar-refractivity contribution is 1.49. The molecule has 4 rings (SSSR count). The summed E-state index contributed by atoms with van der Waals surface area (Å²) in [6, 6.07) is 24.5. The summed E-state index contributed by atoms with van der Waals surface area (Å²) in [7, 11) is 0. The number of aromatic nitrogens is 1. The van der Waals surface area contributed by atoms with Crippen molar-refractivity contribution in [2.24, 2.45) is 0 Å². The zero-order chi connectivity index (χ0) is 15.6. The maximum absolute atomic E-state index is 5.73. The van der Waals surface area contributed by atoms with Gasteiger partial charge in [-0.2, -0.15) is 0 Å². The van der Waals surface area contributed by atoms with E-state index in [1.807, 2.05) is 48.5 Å². The summed E-state index contributed by atoms with van der Waals surface area (Å²) in [6.07, 6.45) is 4.23. The van der Waals surface area contributed by atoms with Crippen molar-refractivity contribution in [1.82, 2.24) is 4.98 Å². The van der Waals surface area contributed by atoms with Crippen LogP contribution in [0.2, 0.25) is 0 Å². The third-order valence-corrected chi connectivity index (χ3v) is 3.99. The lowest BCUT2D eigenvalue weighted by Gasteiger charge is -2.05. The van der Waals surface area contributed by atoms with Crippen molar-refractivity contribution in [3.8, 4) is 0 Å². The summed E-state index contributed by atoms with van der Waals surface area (Å²) in [4.78, 5) is 4.75. The van der Waals surface area contributed by atoms with Gasteiger partial charge in [-0.05, 0) is 41.5 Å². The molecule has 0 aliphatic heterocycles. The van der Waals surface area contributed by atoms with Gasteiger partial charge in [0.2, 0.25) is 0 Å². The van der Waals surface area contributed by atoms with E-state index in [9.17, 15) is 0 Å². The number of rotatable bonds is 2. The van der Waals surface area contributed by atoms with Crippen LogP contribution in [0.1, 0.15) is 11.1 Å². The molecule has 0 fully saturated rings. The third kappa shape index (κ3) is 2.67. The molecular weight excluding hydrogens is 280 g/mol. The Morgan fingerprint density at radius 1 is 0.739 bits per heavy atom. The number of hydrogen-bond acceptors (Lipinski definition) is 2. The van der Waals surface area contributed by atoms with Gasteiger partial charge in [0.1, 0.15) is 0 Å². The maximum atomic E-state index is 5.73. The van der Waals surface area contributed by atoms with Crippen LogP contribution in [0.5, 0.6) is 0 Å². The molecule has 0 amide bonds. The average molecular weight is 296 g/mol. The molecule has 0 spiro atoms. The molecule has 1 aromatic heterocycles. The van der Waals surface area contributed by atoms with E-state index in [0.29, 0.717) is 0 Å². The number of pyridine rings is 1. The smallest absolute Gasteiger partial charge is 0.0715 e. The summed E-state index contributed by atoms with van der Waals surface area (Å²) >= 11 is 0. The second-order valence-corrected chi connectivity index (χ2v) is 5.59. The second kappa shape index (κ2) is 5.58. The van der Waals surface area contributed by atoms with Crippen LogP contribution >= 0.6 is 0 Å². The molecule has 0 atom stereocenters. The van der Waals surface area contributed by atoms with Crippen LogP contribution in [-0.2, 0) is 0 Å². The molecule has 0 aliphatic carbocycles. The molecular formula is C21H16N2. The lowest BCUT2D eigenvalue weighted by Crippen LogP contribution is -1.85. The summed E-state index contributed by atoms with van der Waals surface area (Å²) in [5.41, 5.74) is 10.8. The lowest BCUT2D eigenvalue weighted by atomic mass is 10.0. The monoisotopic (exact) mass is 296 g/mol. The van der Waals surface area contributed by atoms with Crippen molar-refractivity contribution < 1.29 is 0 Å². The molecule has 0 saturated heterocycles. The van der Waals surface area contributed by atoms with Gasteiger partial charge in [0.05, 0.1) is 11.0 Å². The highest BCUT2D eigenvalue weighted by Crippen LogP contribution is 2.24. The molecule has 2 N–H and O–H groups in total. The maximum Gasteiger partial charge on any atom is 0.0715 e. The van der Waals surface area contributed by atoms with E-state index in [4.69, 9.17) is 10.7 Å². The Hall–Kier alpha value is -3.13. The predicted molar refractivity (Wildman–Crippen MR) is 99.0 cm³/mol. The topological polar surface area (TPSA) is 38.9 Å². The number of nitrogen functional groups attached to an aromatic ring is 1. The van der Waals surface area contributed by atoms with Gasteiger partial charge in [-0.15, -0.1) is 0 Å². The Bertz CT molecular complexity index is 1010. The van der Waals surface area contributed by atoms with E-state index in [-0.39, 0.29) is 0 Å². The minimum absolute atomic E-state index is 0.781. The molecule has 2 nitrogen and oxygen atoms in total.